The van der Waals surface area contributed by atoms with E-state index < -0.39 is 0 Å². The molecule has 0 bridgehead atoms. The summed E-state index contributed by atoms with van der Waals surface area (Å²) in [6.07, 6.45) is 8.91. The van der Waals surface area contributed by atoms with E-state index in [1.54, 1.807) is 0 Å². The van der Waals surface area contributed by atoms with Gasteiger partial charge in [0, 0.05) is 24.6 Å². The van der Waals surface area contributed by atoms with Gasteiger partial charge in [-0.3, -0.25) is 0 Å². The van der Waals surface area contributed by atoms with Gasteiger partial charge in [-0.25, -0.2) is 0 Å². The van der Waals surface area contributed by atoms with Crippen LogP contribution in [0.1, 0.15) is 72.6 Å². The predicted molar refractivity (Wildman–Crippen MR) is 83.3 cm³/mol. The van der Waals surface area contributed by atoms with Crippen LogP contribution in [0.25, 0.3) is 0 Å². The van der Waals surface area contributed by atoms with Crippen LogP contribution < -0.4 is 5.32 Å². The Morgan fingerprint density at radius 2 is 1.79 bits per heavy atom. The zero-order valence-corrected chi connectivity index (χ0v) is 13.5. The third kappa shape index (κ3) is 5.07. The molecule has 0 heterocycles. The van der Waals surface area contributed by atoms with Gasteiger partial charge in [-0.05, 0) is 43.9 Å². The number of nitrogens with one attached hydrogen (secondary N) is 1. The molecule has 2 atom stereocenters. The second kappa shape index (κ2) is 8.26. The summed E-state index contributed by atoms with van der Waals surface area (Å²) in [7, 11) is 0. The van der Waals surface area contributed by atoms with Crippen LogP contribution in [-0.2, 0) is 0 Å². The normalized spacial score (nSPS) is 25.6. The van der Waals surface area contributed by atoms with Gasteiger partial charge in [0.1, 0.15) is 0 Å². The van der Waals surface area contributed by atoms with E-state index in [1.807, 2.05) is 0 Å². The third-order valence-corrected chi connectivity index (χ3v) is 5.56. The largest absolute Gasteiger partial charge is 0.396 e. The van der Waals surface area contributed by atoms with Crippen LogP contribution in [0, 0.1) is 17.3 Å². The molecule has 1 saturated carbocycles. The molecule has 2 nitrogen and oxygen atoms in total. The van der Waals surface area contributed by atoms with Crippen molar-refractivity contribution in [1.29, 1.82) is 0 Å². The molecular formula is C17H35NO. The van der Waals surface area contributed by atoms with Gasteiger partial charge in [-0.2, -0.15) is 0 Å². The summed E-state index contributed by atoms with van der Waals surface area (Å²) < 4.78 is 0. The first-order valence-electron chi connectivity index (χ1n) is 8.41. The monoisotopic (exact) mass is 269 g/mol. The molecule has 0 aromatic heterocycles. The summed E-state index contributed by atoms with van der Waals surface area (Å²) in [5.41, 5.74) is 0.101. The molecule has 2 N–H and O–H groups in total. The van der Waals surface area contributed by atoms with Crippen molar-refractivity contribution in [3.63, 3.8) is 0 Å². The highest BCUT2D eigenvalue weighted by molar-refractivity contribution is 4.82. The van der Waals surface area contributed by atoms with Crippen molar-refractivity contribution in [2.45, 2.75) is 78.7 Å². The van der Waals surface area contributed by atoms with E-state index in [1.165, 1.54) is 32.1 Å². The molecule has 2 heteroatoms. The van der Waals surface area contributed by atoms with Crippen molar-refractivity contribution in [2.75, 3.05) is 13.2 Å². The Morgan fingerprint density at radius 3 is 2.32 bits per heavy atom. The lowest BCUT2D eigenvalue weighted by Gasteiger charge is -2.32. The number of hydrogen-bond donors (Lipinski definition) is 2. The summed E-state index contributed by atoms with van der Waals surface area (Å²) in [4.78, 5) is 0. The first kappa shape index (κ1) is 17.0. The average Bonchev–Trinajstić information content (AvgIpc) is 2.67. The zero-order chi connectivity index (χ0) is 14.3. The Balaban J connectivity index is 2.41. The average molecular weight is 269 g/mol. The fourth-order valence-corrected chi connectivity index (χ4v) is 3.34. The van der Waals surface area contributed by atoms with Gasteiger partial charge in [-0.15, -0.1) is 0 Å². The Labute approximate surface area is 120 Å². The van der Waals surface area contributed by atoms with Crippen LogP contribution in [0.5, 0.6) is 0 Å². The molecule has 1 fully saturated rings. The van der Waals surface area contributed by atoms with E-state index in [9.17, 15) is 5.11 Å². The topological polar surface area (TPSA) is 32.3 Å². The van der Waals surface area contributed by atoms with E-state index in [0.29, 0.717) is 12.6 Å². The molecular weight excluding hydrogens is 234 g/mol. The highest BCUT2D eigenvalue weighted by Gasteiger charge is 2.27. The Bertz CT molecular complexity index is 227. The number of aliphatic hydroxyl groups is 1. The van der Waals surface area contributed by atoms with Gasteiger partial charge in [0.05, 0.1) is 0 Å². The van der Waals surface area contributed by atoms with Gasteiger partial charge in [-0.1, -0.05) is 40.5 Å². The summed E-state index contributed by atoms with van der Waals surface area (Å²) >= 11 is 0. The lowest BCUT2D eigenvalue weighted by atomic mass is 9.83. The molecule has 0 spiro atoms. The van der Waals surface area contributed by atoms with Gasteiger partial charge < -0.3 is 10.4 Å². The van der Waals surface area contributed by atoms with Crippen LogP contribution in [0.15, 0.2) is 0 Å². The van der Waals surface area contributed by atoms with Gasteiger partial charge in [0.15, 0.2) is 0 Å². The van der Waals surface area contributed by atoms with Gasteiger partial charge >= 0.3 is 0 Å². The van der Waals surface area contributed by atoms with Gasteiger partial charge in [0.25, 0.3) is 0 Å². The second-order valence-electron chi connectivity index (χ2n) is 6.96. The molecule has 1 aliphatic rings. The quantitative estimate of drug-likeness (QED) is 0.685. The van der Waals surface area contributed by atoms with Crippen LogP contribution in [0.4, 0.5) is 0 Å². The maximum atomic E-state index is 9.64. The molecule has 19 heavy (non-hydrogen) atoms. The minimum atomic E-state index is 0.101. The molecule has 1 aliphatic carbocycles. The van der Waals surface area contributed by atoms with Gasteiger partial charge in [0.2, 0.25) is 0 Å². The Hall–Kier alpha value is -0.0800. The molecule has 0 amide bonds. The molecule has 0 saturated heterocycles. The Morgan fingerprint density at radius 1 is 1.11 bits per heavy atom. The zero-order valence-electron chi connectivity index (χ0n) is 13.5. The molecule has 2 unspecified atom stereocenters. The summed E-state index contributed by atoms with van der Waals surface area (Å²) in [5.74, 6) is 1.76. The summed E-state index contributed by atoms with van der Waals surface area (Å²) in [6, 6.07) is 0.674. The second-order valence-corrected chi connectivity index (χ2v) is 6.96. The highest BCUT2D eigenvalue weighted by Crippen LogP contribution is 2.30. The molecule has 1 rings (SSSR count). The van der Waals surface area contributed by atoms with E-state index in [4.69, 9.17) is 0 Å². The van der Waals surface area contributed by atoms with E-state index in [2.05, 4.69) is 33.0 Å². The molecule has 0 aliphatic heterocycles. The van der Waals surface area contributed by atoms with Crippen molar-refractivity contribution in [1.82, 2.24) is 5.32 Å². The number of rotatable bonds is 7. The van der Waals surface area contributed by atoms with Crippen molar-refractivity contribution in [2.24, 2.45) is 17.3 Å². The lowest BCUT2D eigenvalue weighted by molar-refractivity contribution is 0.109. The number of aliphatic hydroxyl groups excluding tert-OH is 1. The smallest absolute Gasteiger partial charge is 0.0499 e. The SMILES string of the molecule is CCC(CC)(CO)CNC1CCCC(C(C)C)CC1. The molecule has 0 aromatic rings. The first-order valence-corrected chi connectivity index (χ1v) is 8.41. The minimum absolute atomic E-state index is 0.101. The predicted octanol–water partition coefficient (Wildman–Crippen LogP) is 3.98. The van der Waals surface area contributed by atoms with Crippen LogP contribution in [0.2, 0.25) is 0 Å². The van der Waals surface area contributed by atoms with Crippen molar-refractivity contribution in [3.8, 4) is 0 Å². The van der Waals surface area contributed by atoms with Crippen LogP contribution in [-0.4, -0.2) is 24.3 Å². The minimum Gasteiger partial charge on any atom is -0.396 e. The first-order chi connectivity index (χ1) is 9.06. The summed E-state index contributed by atoms with van der Waals surface area (Å²) in [6.45, 7) is 10.4. The van der Waals surface area contributed by atoms with Crippen molar-refractivity contribution >= 4 is 0 Å². The van der Waals surface area contributed by atoms with Crippen LogP contribution in [0.3, 0.4) is 0 Å². The highest BCUT2D eigenvalue weighted by atomic mass is 16.3. The number of hydrogen-bond acceptors (Lipinski definition) is 2. The molecule has 0 radical (unpaired) electrons. The fourth-order valence-electron chi connectivity index (χ4n) is 3.34. The van der Waals surface area contributed by atoms with E-state index in [0.717, 1.165) is 31.2 Å². The van der Waals surface area contributed by atoms with E-state index >= 15 is 0 Å². The maximum Gasteiger partial charge on any atom is 0.0499 e. The maximum absolute atomic E-state index is 9.64. The lowest BCUT2D eigenvalue weighted by Crippen LogP contribution is -2.41. The van der Waals surface area contributed by atoms with Crippen molar-refractivity contribution in [3.05, 3.63) is 0 Å². The summed E-state index contributed by atoms with van der Waals surface area (Å²) in [5, 5.41) is 13.4. The van der Waals surface area contributed by atoms with Crippen LogP contribution >= 0.6 is 0 Å². The van der Waals surface area contributed by atoms with E-state index in [-0.39, 0.29) is 5.41 Å². The molecule has 0 aromatic carbocycles. The van der Waals surface area contributed by atoms with Crippen molar-refractivity contribution < 1.29 is 5.11 Å². The fraction of sp³-hybridized carbons (Fsp3) is 1.00. The standard InChI is InChI=1S/C17H35NO/c1-5-17(6-2,13-19)12-18-16-9-7-8-15(10-11-16)14(3)4/h14-16,18-19H,5-13H2,1-4H3. The molecule has 114 valence electrons. The Kier molecular flexibility index (Phi) is 7.38. The third-order valence-electron chi connectivity index (χ3n) is 5.56.